The average molecular weight is 404 g/mol. The second kappa shape index (κ2) is 8.14. The van der Waals surface area contributed by atoms with E-state index in [1.54, 1.807) is 48.5 Å². The van der Waals surface area contributed by atoms with Crippen molar-refractivity contribution in [1.29, 1.82) is 0 Å². The maximum Gasteiger partial charge on any atom is 0.255 e. The SMILES string of the molecule is CCOc1ccc(NC(=O)c2ccc(N3C(=O)[C@H]4CC(C)=CC[C@H]4C3=O)cc2)cc1. The molecule has 30 heavy (non-hydrogen) atoms. The number of nitrogens with zero attached hydrogens (tertiary/aromatic N) is 1. The largest absolute Gasteiger partial charge is 0.494 e. The third-order valence-corrected chi connectivity index (χ3v) is 5.63. The number of anilines is 2. The van der Waals surface area contributed by atoms with Crippen molar-refractivity contribution in [2.45, 2.75) is 26.7 Å². The lowest BCUT2D eigenvalue weighted by Gasteiger charge is -2.18. The van der Waals surface area contributed by atoms with E-state index in [0.29, 0.717) is 36.4 Å². The predicted molar refractivity (Wildman–Crippen MR) is 114 cm³/mol. The first-order chi connectivity index (χ1) is 14.5. The van der Waals surface area contributed by atoms with Crippen molar-refractivity contribution in [1.82, 2.24) is 0 Å². The van der Waals surface area contributed by atoms with Crippen LogP contribution in [0.5, 0.6) is 5.75 Å². The minimum absolute atomic E-state index is 0.149. The van der Waals surface area contributed by atoms with E-state index in [9.17, 15) is 14.4 Å². The molecule has 154 valence electrons. The standard InChI is InChI=1S/C24H24N2O4/c1-3-30-19-11-7-17(8-12-19)25-22(27)16-5-9-18(10-6-16)26-23(28)20-13-4-15(2)14-21(20)24(26)29/h4-12,20-21H,3,13-14H2,1-2H3,(H,25,27)/t20-,21+/m1/s1. The second-order valence-corrected chi connectivity index (χ2v) is 7.67. The van der Waals surface area contributed by atoms with Crippen LogP contribution in [0, 0.1) is 11.8 Å². The number of ether oxygens (including phenoxy) is 1. The van der Waals surface area contributed by atoms with Gasteiger partial charge in [0, 0.05) is 11.3 Å². The number of benzene rings is 2. The van der Waals surface area contributed by atoms with Crippen LogP contribution in [0.4, 0.5) is 11.4 Å². The summed E-state index contributed by atoms with van der Waals surface area (Å²) in [5.74, 6) is -0.373. The summed E-state index contributed by atoms with van der Waals surface area (Å²) in [5, 5.41) is 2.83. The Morgan fingerprint density at radius 3 is 2.37 bits per heavy atom. The normalized spacial score (nSPS) is 20.6. The van der Waals surface area contributed by atoms with E-state index in [2.05, 4.69) is 5.32 Å². The van der Waals surface area contributed by atoms with E-state index in [1.165, 1.54) is 4.90 Å². The number of hydrogen-bond acceptors (Lipinski definition) is 4. The van der Waals surface area contributed by atoms with Crippen LogP contribution in [0.15, 0.2) is 60.2 Å². The van der Waals surface area contributed by atoms with Crippen molar-refractivity contribution in [3.63, 3.8) is 0 Å². The summed E-state index contributed by atoms with van der Waals surface area (Å²) >= 11 is 0. The molecular weight excluding hydrogens is 380 g/mol. The monoisotopic (exact) mass is 404 g/mol. The highest BCUT2D eigenvalue weighted by molar-refractivity contribution is 6.22. The molecule has 2 aromatic carbocycles. The highest BCUT2D eigenvalue weighted by Gasteiger charge is 2.48. The molecule has 1 heterocycles. The van der Waals surface area contributed by atoms with Crippen molar-refractivity contribution >= 4 is 29.1 Å². The van der Waals surface area contributed by atoms with Crippen molar-refractivity contribution in [3.05, 3.63) is 65.7 Å². The van der Waals surface area contributed by atoms with E-state index < -0.39 is 0 Å². The lowest BCUT2D eigenvalue weighted by Crippen LogP contribution is -2.30. The molecule has 2 atom stereocenters. The number of nitrogens with one attached hydrogen (secondary N) is 1. The van der Waals surface area contributed by atoms with E-state index in [-0.39, 0.29) is 29.6 Å². The maximum absolute atomic E-state index is 12.8. The van der Waals surface area contributed by atoms with Crippen LogP contribution in [0.3, 0.4) is 0 Å². The zero-order valence-corrected chi connectivity index (χ0v) is 17.1. The van der Waals surface area contributed by atoms with Crippen LogP contribution in [-0.4, -0.2) is 24.3 Å². The van der Waals surface area contributed by atoms with Gasteiger partial charge in [-0.05, 0) is 75.2 Å². The van der Waals surface area contributed by atoms with Gasteiger partial charge in [0.05, 0.1) is 24.1 Å². The zero-order valence-electron chi connectivity index (χ0n) is 17.1. The highest BCUT2D eigenvalue weighted by atomic mass is 16.5. The molecule has 6 heteroatoms. The number of allylic oxidation sites excluding steroid dienone is 2. The molecule has 0 aromatic heterocycles. The number of fused-ring (bicyclic) bond motifs is 1. The number of imide groups is 1. The first-order valence-electron chi connectivity index (χ1n) is 10.2. The number of rotatable bonds is 5. The maximum atomic E-state index is 12.8. The van der Waals surface area contributed by atoms with Crippen LogP contribution in [0.25, 0.3) is 0 Å². The van der Waals surface area contributed by atoms with Gasteiger partial charge in [-0.3, -0.25) is 19.3 Å². The predicted octanol–water partition coefficient (Wildman–Crippen LogP) is 4.18. The van der Waals surface area contributed by atoms with Crippen LogP contribution in [0.2, 0.25) is 0 Å². The molecule has 2 aliphatic rings. The molecule has 1 N–H and O–H groups in total. The van der Waals surface area contributed by atoms with Gasteiger partial charge in [0.25, 0.3) is 5.91 Å². The molecule has 2 aromatic rings. The van der Waals surface area contributed by atoms with Gasteiger partial charge in [-0.25, -0.2) is 0 Å². The van der Waals surface area contributed by atoms with Crippen LogP contribution >= 0.6 is 0 Å². The topological polar surface area (TPSA) is 75.7 Å². The summed E-state index contributed by atoms with van der Waals surface area (Å²) in [5.41, 5.74) is 2.77. The van der Waals surface area contributed by atoms with Gasteiger partial charge in [0.15, 0.2) is 0 Å². The Kier molecular flexibility index (Phi) is 5.40. The summed E-state index contributed by atoms with van der Waals surface area (Å²) in [7, 11) is 0. The first kappa shape index (κ1) is 19.9. The molecule has 6 nitrogen and oxygen atoms in total. The Morgan fingerprint density at radius 2 is 1.70 bits per heavy atom. The first-order valence-corrected chi connectivity index (χ1v) is 10.2. The fraction of sp³-hybridized carbons (Fsp3) is 0.292. The van der Waals surface area contributed by atoms with Gasteiger partial charge < -0.3 is 10.1 Å². The van der Waals surface area contributed by atoms with Crippen molar-refractivity contribution < 1.29 is 19.1 Å². The second-order valence-electron chi connectivity index (χ2n) is 7.67. The number of amides is 3. The van der Waals surface area contributed by atoms with E-state index in [0.717, 1.165) is 11.3 Å². The molecule has 4 rings (SSSR count). The summed E-state index contributed by atoms with van der Waals surface area (Å²) < 4.78 is 5.40. The van der Waals surface area contributed by atoms with Crippen LogP contribution in [0.1, 0.15) is 37.0 Å². The van der Waals surface area contributed by atoms with Crippen molar-refractivity contribution in [2.24, 2.45) is 11.8 Å². The minimum atomic E-state index is -0.274. The average Bonchev–Trinajstić information content (AvgIpc) is 2.99. The Balaban J connectivity index is 1.46. The molecule has 1 aliphatic heterocycles. The third-order valence-electron chi connectivity index (χ3n) is 5.63. The Hall–Kier alpha value is -3.41. The minimum Gasteiger partial charge on any atom is -0.494 e. The molecule has 0 unspecified atom stereocenters. The quantitative estimate of drug-likeness (QED) is 0.599. The smallest absolute Gasteiger partial charge is 0.255 e. The molecule has 0 spiro atoms. The zero-order chi connectivity index (χ0) is 21.3. The summed E-state index contributed by atoms with van der Waals surface area (Å²) in [6, 6.07) is 13.7. The Bertz CT molecular complexity index is 1010. The fourth-order valence-electron chi connectivity index (χ4n) is 4.06. The Morgan fingerprint density at radius 1 is 1.03 bits per heavy atom. The fourth-order valence-corrected chi connectivity index (χ4v) is 4.06. The lowest BCUT2D eigenvalue weighted by molar-refractivity contribution is -0.122. The molecular formula is C24H24N2O4. The van der Waals surface area contributed by atoms with Gasteiger partial charge in [-0.2, -0.15) is 0 Å². The van der Waals surface area contributed by atoms with E-state index in [4.69, 9.17) is 4.74 Å². The van der Waals surface area contributed by atoms with Crippen LogP contribution in [-0.2, 0) is 9.59 Å². The molecule has 3 amide bonds. The van der Waals surface area contributed by atoms with Crippen molar-refractivity contribution in [3.8, 4) is 5.75 Å². The summed E-state index contributed by atoms with van der Waals surface area (Å²) in [6.07, 6.45) is 3.29. The van der Waals surface area contributed by atoms with Gasteiger partial charge in [-0.1, -0.05) is 11.6 Å². The lowest BCUT2D eigenvalue weighted by atomic mass is 9.82. The van der Waals surface area contributed by atoms with Gasteiger partial charge in [-0.15, -0.1) is 0 Å². The number of carbonyl (C=O) groups excluding carboxylic acids is 3. The third kappa shape index (κ3) is 3.73. The van der Waals surface area contributed by atoms with Gasteiger partial charge in [0.2, 0.25) is 11.8 Å². The number of hydrogen-bond donors (Lipinski definition) is 1. The Labute approximate surface area is 175 Å². The molecule has 1 saturated heterocycles. The molecule has 1 fully saturated rings. The molecule has 0 radical (unpaired) electrons. The van der Waals surface area contributed by atoms with Crippen LogP contribution < -0.4 is 15.0 Å². The van der Waals surface area contributed by atoms with Gasteiger partial charge >= 0.3 is 0 Å². The van der Waals surface area contributed by atoms with Crippen molar-refractivity contribution in [2.75, 3.05) is 16.8 Å². The molecule has 0 bridgehead atoms. The van der Waals surface area contributed by atoms with Gasteiger partial charge in [0.1, 0.15) is 5.75 Å². The molecule has 0 saturated carbocycles. The van der Waals surface area contributed by atoms with E-state index in [1.807, 2.05) is 19.9 Å². The number of carbonyl (C=O) groups is 3. The summed E-state index contributed by atoms with van der Waals surface area (Å²) in [4.78, 5) is 39.4. The summed E-state index contributed by atoms with van der Waals surface area (Å²) in [6.45, 7) is 4.49. The molecule has 1 aliphatic carbocycles. The highest BCUT2D eigenvalue weighted by Crippen LogP contribution is 2.39. The van der Waals surface area contributed by atoms with E-state index >= 15 is 0 Å².